The van der Waals surface area contributed by atoms with E-state index in [-0.39, 0.29) is 0 Å². The van der Waals surface area contributed by atoms with E-state index in [9.17, 15) is 4.79 Å². The summed E-state index contributed by atoms with van der Waals surface area (Å²) >= 11 is 1.56. The summed E-state index contributed by atoms with van der Waals surface area (Å²) in [6, 6.07) is 1.78. The number of carbonyl (C=O) groups is 1. The van der Waals surface area contributed by atoms with E-state index in [4.69, 9.17) is 5.11 Å². The molecule has 16 heavy (non-hydrogen) atoms. The predicted molar refractivity (Wildman–Crippen MR) is 63.4 cm³/mol. The molecule has 0 amide bonds. The first-order valence-electron chi connectivity index (χ1n) is 5.15. The molecule has 0 aliphatic heterocycles. The highest BCUT2D eigenvalue weighted by molar-refractivity contribution is 7.99. The predicted octanol–water partition coefficient (Wildman–Crippen LogP) is 2.46. The monoisotopic (exact) mass is 240 g/mol. The van der Waals surface area contributed by atoms with E-state index in [0.29, 0.717) is 6.42 Å². The summed E-state index contributed by atoms with van der Waals surface area (Å²) < 4.78 is 0. The molecule has 0 bridgehead atoms. The lowest BCUT2D eigenvalue weighted by Crippen LogP contribution is -2.23. The summed E-state index contributed by atoms with van der Waals surface area (Å²) in [6.45, 7) is 3.50. The second kappa shape index (κ2) is 5.84. The van der Waals surface area contributed by atoms with Gasteiger partial charge >= 0.3 is 5.97 Å². The average molecular weight is 240 g/mol. The largest absolute Gasteiger partial charge is 0.481 e. The number of carboxylic acids is 1. The van der Waals surface area contributed by atoms with Crippen molar-refractivity contribution in [1.82, 2.24) is 9.97 Å². The Bertz CT molecular complexity index is 341. The number of nitrogens with zero attached hydrogens (tertiary/aromatic N) is 2. The van der Waals surface area contributed by atoms with E-state index in [2.05, 4.69) is 9.97 Å². The van der Waals surface area contributed by atoms with E-state index in [1.165, 1.54) is 0 Å². The number of aliphatic carboxylic acids is 1. The fraction of sp³-hybridized carbons (Fsp3) is 0.545. The molecule has 0 fully saturated rings. The molecule has 1 rings (SSSR count). The molecule has 0 aliphatic carbocycles. The Labute approximate surface area is 99.5 Å². The van der Waals surface area contributed by atoms with Crippen molar-refractivity contribution in [1.29, 1.82) is 0 Å². The molecule has 88 valence electrons. The molecule has 1 aromatic heterocycles. The Kier molecular flexibility index (Phi) is 4.73. The summed E-state index contributed by atoms with van der Waals surface area (Å²) in [6.07, 6.45) is 4.93. The Morgan fingerprint density at radius 3 is 2.62 bits per heavy atom. The average Bonchev–Trinajstić information content (AvgIpc) is 2.26. The first-order valence-corrected chi connectivity index (χ1v) is 6.14. The van der Waals surface area contributed by atoms with Crippen LogP contribution in [0.1, 0.15) is 26.7 Å². The van der Waals surface area contributed by atoms with Gasteiger partial charge in [-0.25, -0.2) is 9.97 Å². The van der Waals surface area contributed by atoms with Gasteiger partial charge in [-0.05, 0) is 32.8 Å². The van der Waals surface area contributed by atoms with Gasteiger partial charge in [0.15, 0.2) is 5.16 Å². The van der Waals surface area contributed by atoms with Gasteiger partial charge in [0.05, 0.1) is 5.41 Å². The van der Waals surface area contributed by atoms with Gasteiger partial charge < -0.3 is 5.11 Å². The van der Waals surface area contributed by atoms with Crippen molar-refractivity contribution in [2.45, 2.75) is 31.8 Å². The smallest absolute Gasteiger partial charge is 0.309 e. The van der Waals surface area contributed by atoms with Crippen LogP contribution in [0.25, 0.3) is 0 Å². The minimum Gasteiger partial charge on any atom is -0.481 e. The van der Waals surface area contributed by atoms with Gasteiger partial charge in [-0.3, -0.25) is 4.79 Å². The molecular formula is C11H16N2O2S. The van der Waals surface area contributed by atoms with Crippen molar-refractivity contribution in [3.05, 3.63) is 18.5 Å². The van der Waals surface area contributed by atoms with Crippen LogP contribution in [-0.4, -0.2) is 26.8 Å². The van der Waals surface area contributed by atoms with Gasteiger partial charge in [0.25, 0.3) is 0 Å². The van der Waals surface area contributed by atoms with Crippen molar-refractivity contribution < 1.29 is 9.90 Å². The summed E-state index contributed by atoms with van der Waals surface area (Å²) in [5.41, 5.74) is -0.641. The molecule has 0 unspecified atom stereocenters. The molecule has 5 heteroatoms. The highest BCUT2D eigenvalue weighted by Gasteiger charge is 2.26. The van der Waals surface area contributed by atoms with Crippen LogP contribution in [0.4, 0.5) is 0 Å². The van der Waals surface area contributed by atoms with Crippen molar-refractivity contribution in [2.24, 2.45) is 5.41 Å². The molecular weight excluding hydrogens is 224 g/mol. The lowest BCUT2D eigenvalue weighted by Gasteiger charge is -2.18. The van der Waals surface area contributed by atoms with Gasteiger partial charge in [0.2, 0.25) is 0 Å². The number of aromatic nitrogens is 2. The van der Waals surface area contributed by atoms with Crippen LogP contribution in [0, 0.1) is 5.41 Å². The van der Waals surface area contributed by atoms with Crippen molar-refractivity contribution in [3.63, 3.8) is 0 Å². The van der Waals surface area contributed by atoms with E-state index >= 15 is 0 Å². The fourth-order valence-corrected chi connectivity index (χ4v) is 1.89. The van der Waals surface area contributed by atoms with E-state index < -0.39 is 11.4 Å². The van der Waals surface area contributed by atoms with Crippen LogP contribution < -0.4 is 0 Å². The van der Waals surface area contributed by atoms with E-state index in [1.54, 1.807) is 44.1 Å². The first-order chi connectivity index (χ1) is 7.52. The lowest BCUT2D eigenvalue weighted by molar-refractivity contribution is -0.147. The Balaban J connectivity index is 2.25. The third kappa shape index (κ3) is 4.18. The zero-order valence-electron chi connectivity index (χ0n) is 9.51. The second-order valence-corrected chi connectivity index (χ2v) is 5.23. The molecule has 1 heterocycles. The molecule has 0 aromatic carbocycles. The van der Waals surface area contributed by atoms with Gasteiger partial charge in [0, 0.05) is 18.1 Å². The number of hydrogen-bond acceptors (Lipinski definition) is 4. The maximum absolute atomic E-state index is 10.9. The number of hydrogen-bond donors (Lipinski definition) is 1. The summed E-state index contributed by atoms with van der Waals surface area (Å²) in [5.74, 6) is 0.106. The van der Waals surface area contributed by atoms with E-state index in [0.717, 1.165) is 17.3 Å². The molecule has 0 saturated heterocycles. The van der Waals surface area contributed by atoms with Gasteiger partial charge in [0.1, 0.15) is 0 Å². The van der Waals surface area contributed by atoms with E-state index in [1.807, 2.05) is 0 Å². The van der Waals surface area contributed by atoms with Crippen LogP contribution in [0.2, 0.25) is 0 Å². The lowest BCUT2D eigenvalue weighted by atomic mass is 9.88. The molecule has 0 radical (unpaired) electrons. The van der Waals surface area contributed by atoms with Crippen LogP contribution >= 0.6 is 11.8 Å². The third-order valence-electron chi connectivity index (χ3n) is 2.30. The van der Waals surface area contributed by atoms with Crippen molar-refractivity contribution in [2.75, 3.05) is 5.75 Å². The van der Waals surface area contributed by atoms with Crippen LogP contribution in [0.15, 0.2) is 23.6 Å². The first kappa shape index (κ1) is 13.0. The minimum atomic E-state index is -0.742. The van der Waals surface area contributed by atoms with Gasteiger partial charge in [-0.1, -0.05) is 11.8 Å². The highest BCUT2D eigenvalue weighted by atomic mass is 32.2. The normalized spacial score (nSPS) is 11.4. The molecule has 1 N–H and O–H groups in total. The van der Waals surface area contributed by atoms with Crippen LogP contribution in [-0.2, 0) is 4.79 Å². The minimum absolute atomic E-state index is 0.641. The van der Waals surface area contributed by atoms with Gasteiger partial charge in [-0.2, -0.15) is 0 Å². The molecule has 0 saturated carbocycles. The van der Waals surface area contributed by atoms with Crippen LogP contribution in [0.5, 0.6) is 0 Å². The Morgan fingerprint density at radius 2 is 2.06 bits per heavy atom. The zero-order valence-corrected chi connectivity index (χ0v) is 10.3. The summed E-state index contributed by atoms with van der Waals surface area (Å²) in [5, 5.41) is 9.67. The van der Waals surface area contributed by atoms with Gasteiger partial charge in [-0.15, -0.1) is 0 Å². The highest BCUT2D eigenvalue weighted by Crippen LogP contribution is 2.24. The Morgan fingerprint density at radius 1 is 1.44 bits per heavy atom. The van der Waals surface area contributed by atoms with Crippen molar-refractivity contribution in [3.8, 4) is 0 Å². The third-order valence-corrected chi connectivity index (χ3v) is 3.26. The number of rotatable bonds is 6. The summed E-state index contributed by atoms with van der Waals surface area (Å²) in [4.78, 5) is 19.0. The number of carboxylic acid groups (broad SMARTS) is 1. The maximum atomic E-state index is 10.9. The molecule has 4 nitrogen and oxygen atoms in total. The molecule has 0 aliphatic rings. The molecule has 0 atom stereocenters. The quantitative estimate of drug-likeness (QED) is 0.470. The van der Waals surface area contributed by atoms with Crippen molar-refractivity contribution >= 4 is 17.7 Å². The SMILES string of the molecule is CC(C)(CCCSc1ncccn1)C(=O)O. The number of thioether (sulfide) groups is 1. The molecule has 0 spiro atoms. The van der Waals surface area contributed by atoms with Crippen LogP contribution in [0.3, 0.4) is 0 Å². The zero-order chi connectivity index (χ0) is 12.0. The maximum Gasteiger partial charge on any atom is 0.309 e. The molecule has 1 aromatic rings. The Hall–Kier alpha value is -1.10. The topological polar surface area (TPSA) is 63.1 Å². The summed E-state index contributed by atoms with van der Waals surface area (Å²) in [7, 11) is 0. The fourth-order valence-electron chi connectivity index (χ4n) is 1.14. The second-order valence-electron chi connectivity index (χ2n) is 4.17. The standard InChI is InChI=1S/C11H16N2O2S/c1-11(2,9(14)15)5-3-8-16-10-12-6-4-7-13-10/h4,6-7H,3,5,8H2,1-2H3,(H,14,15).